The predicted molar refractivity (Wildman–Crippen MR) is 259 cm³/mol. The summed E-state index contributed by atoms with van der Waals surface area (Å²) in [6.45, 7) is 0. The molecule has 0 saturated carbocycles. The Morgan fingerprint density at radius 2 is 0.733 bits per heavy atom. The topological polar surface area (TPSA) is 3.24 Å². The van der Waals surface area contributed by atoms with Crippen LogP contribution in [0.1, 0.15) is 0 Å². The Balaban J connectivity index is 0.991. The van der Waals surface area contributed by atoms with Gasteiger partial charge in [-0.15, -0.1) is 11.3 Å². The van der Waals surface area contributed by atoms with Crippen molar-refractivity contribution in [2.24, 2.45) is 0 Å². The lowest BCUT2D eigenvalue weighted by Crippen LogP contribution is -2.10. The van der Waals surface area contributed by atoms with Gasteiger partial charge in [-0.05, 0) is 127 Å². The highest BCUT2D eigenvalue weighted by Crippen LogP contribution is 2.46. The van der Waals surface area contributed by atoms with Gasteiger partial charge in [-0.25, -0.2) is 0 Å². The van der Waals surface area contributed by atoms with Crippen molar-refractivity contribution < 1.29 is 0 Å². The number of nitrogens with zero attached hydrogens (tertiary/aromatic N) is 1. The first kappa shape index (κ1) is 35.6. The summed E-state index contributed by atoms with van der Waals surface area (Å²) in [6, 6.07) is 86.2. The van der Waals surface area contributed by atoms with Crippen molar-refractivity contribution in [3.05, 3.63) is 237 Å². The quantitative estimate of drug-likeness (QED) is 0.148. The fourth-order valence-corrected chi connectivity index (χ4v) is 9.74. The first-order valence-electron chi connectivity index (χ1n) is 20.5. The van der Waals surface area contributed by atoms with Crippen LogP contribution in [0, 0.1) is 0 Å². The average Bonchev–Trinajstić information content (AvgIpc) is 3.72. The van der Waals surface area contributed by atoms with Gasteiger partial charge in [0.2, 0.25) is 0 Å². The molecule has 2 heteroatoms. The second kappa shape index (κ2) is 15.3. The standard InChI is InChI=1S/C58H39NS/c1-3-13-40(14-4-1)50-37-51(41-15-5-2-6-16-41)39-53(38-50)59(55-22-12-24-57-58(55)54-21-9-10-23-56(54)60-57)52-33-31-44(32-34-52)43-25-27-45(28-26-43)47-19-11-20-48(35-47)49-30-29-42-17-7-8-18-46(42)36-49/h1-39H. The Kier molecular flexibility index (Phi) is 9.11. The molecule has 11 aromatic rings. The lowest BCUT2D eigenvalue weighted by molar-refractivity contribution is 1.30. The van der Waals surface area contributed by atoms with Gasteiger partial charge in [0, 0.05) is 31.5 Å². The number of anilines is 3. The van der Waals surface area contributed by atoms with Crippen LogP contribution in [0.3, 0.4) is 0 Å². The smallest absolute Gasteiger partial charge is 0.0554 e. The number of fused-ring (bicyclic) bond motifs is 4. The molecule has 282 valence electrons. The van der Waals surface area contributed by atoms with Crippen molar-refractivity contribution >= 4 is 59.3 Å². The molecular weight excluding hydrogens is 743 g/mol. The zero-order valence-corrected chi connectivity index (χ0v) is 33.7. The van der Waals surface area contributed by atoms with E-state index in [4.69, 9.17) is 0 Å². The van der Waals surface area contributed by atoms with E-state index in [2.05, 4.69) is 241 Å². The molecule has 0 aliphatic rings. The van der Waals surface area contributed by atoms with Gasteiger partial charge in [0.15, 0.2) is 0 Å². The zero-order chi connectivity index (χ0) is 39.8. The molecule has 1 heterocycles. The summed E-state index contributed by atoms with van der Waals surface area (Å²) in [7, 11) is 0. The van der Waals surface area contributed by atoms with E-state index in [9.17, 15) is 0 Å². The van der Waals surface area contributed by atoms with Crippen molar-refractivity contribution in [2.45, 2.75) is 0 Å². The second-order valence-electron chi connectivity index (χ2n) is 15.4. The van der Waals surface area contributed by atoms with Crippen molar-refractivity contribution in [1.82, 2.24) is 0 Å². The highest BCUT2D eigenvalue weighted by atomic mass is 32.1. The summed E-state index contributed by atoms with van der Waals surface area (Å²) in [6.07, 6.45) is 0. The molecule has 0 N–H and O–H groups in total. The molecule has 0 unspecified atom stereocenters. The monoisotopic (exact) mass is 781 g/mol. The van der Waals surface area contributed by atoms with Gasteiger partial charge in [-0.3, -0.25) is 0 Å². The SMILES string of the molecule is c1ccc(-c2cc(-c3ccccc3)cc(N(c3ccc(-c4ccc(-c5cccc(-c6ccc7ccccc7c6)c5)cc4)cc3)c3cccc4sc5ccccc5c34)c2)cc1. The van der Waals surface area contributed by atoms with Crippen LogP contribution >= 0.6 is 11.3 Å². The number of benzene rings is 10. The van der Waals surface area contributed by atoms with Crippen LogP contribution in [0.2, 0.25) is 0 Å². The number of hydrogen-bond donors (Lipinski definition) is 0. The third-order valence-electron chi connectivity index (χ3n) is 11.6. The largest absolute Gasteiger partial charge is 0.310 e. The molecule has 0 radical (unpaired) electrons. The van der Waals surface area contributed by atoms with Gasteiger partial charge >= 0.3 is 0 Å². The molecular formula is C58H39NS. The molecule has 0 saturated heterocycles. The summed E-state index contributed by atoms with van der Waals surface area (Å²) in [5, 5.41) is 5.07. The molecule has 10 aromatic carbocycles. The second-order valence-corrected chi connectivity index (χ2v) is 16.4. The van der Waals surface area contributed by atoms with Crippen LogP contribution in [-0.4, -0.2) is 0 Å². The third-order valence-corrected chi connectivity index (χ3v) is 12.8. The van der Waals surface area contributed by atoms with Gasteiger partial charge in [-0.2, -0.15) is 0 Å². The maximum atomic E-state index is 2.45. The molecule has 0 spiro atoms. The molecule has 0 atom stereocenters. The average molecular weight is 782 g/mol. The zero-order valence-electron chi connectivity index (χ0n) is 32.9. The van der Waals surface area contributed by atoms with Crippen molar-refractivity contribution in [2.75, 3.05) is 4.90 Å². The Morgan fingerprint density at radius 1 is 0.267 bits per heavy atom. The summed E-state index contributed by atoms with van der Waals surface area (Å²) in [4.78, 5) is 2.45. The Bertz CT molecular complexity index is 3230. The van der Waals surface area contributed by atoms with Crippen LogP contribution in [0.15, 0.2) is 237 Å². The fraction of sp³-hybridized carbons (Fsp3) is 0. The summed E-state index contributed by atoms with van der Waals surface area (Å²) in [5.74, 6) is 0. The number of rotatable bonds is 8. The molecule has 0 fully saturated rings. The summed E-state index contributed by atoms with van der Waals surface area (Å²) >= 11 is 1.86. The minimum Gasteiger partial charge on any atom is -0.310 e. The van der Waals surface area contributed by atoms with E-state index in [1.165, 1.54) is 86.6 Å². The molecule has 0 aliphatic carbocycles. The van der Waals surface area contributed by atoms with E-state index in [-0.39, 0.29) is 0 Å². The van der Waals surface area contributed by atoms with Gasteiger partial charge in [0.25, 0.3) is 0 Å². The van der Waals surface area contributed by atoms with Crippen LogP contribution in [0.5, 0.6) is 0 Å². The van der Waals surface area contributed by atoms with Crippen molar-refractivity contribution in [3.8, 4) is 55.6 Å². The molecule has 1 nitrogen and oxygen atoms in total. The van der Waals surface area contributed by atoms with Crippen LogP contribution in [-0.2, 0) is 0 Å². The van der Waals surface area contributed by atoms with Crippen LogP contribution < -0.4 is 4.90 Å². The van der Waals surface area contributed by atoms with E-state index < -0.39 is 0 Å². The highest BCUT2D eigenvalue weighted by Gasteiger charge is 2.20. The third kappa shape index (κ3) is 6.73. The van der Waals surface area contributed by atoms with Crippen molar-refractivity contribution in [1.29, 1.82) is 0 Å². The minimum absolute atomic E-state index is 1.10. The van der Waals surface area contributed by atoms with Crippen LogP contribution in [0.25, 0.3) is 86.6 Å². The molecule has 11 rings (SSSR count). The number of thiophene rings is 1. The van der Waals surface area contributed by atoms with E-state index in [1.54, 1.807) is 0 Å². The van der Waals surface area contributed by atoms with Crippen LogP contribution in [0.4, 0.5) is 17.1 Å². The molecule has 1 aromatic heterocycles. The van der Waals surface area contributed by atoms with E-state index in [1.807, 2.05) is 11.3 Å². The lowest BCUT2D eigenvalue weighted by atomic mass is 9.96. The summed E-state index contributed by atoms with van der Waals surface area (Å²) in [5.41, 5.74) is 15.3. The minimum atomic E-state index is 1.10. The number of hydrogen-bond acceptors (Lipinski definition) is 2. The van der Waals surface area contributed by atoms with Gasteiger partial charge < -0.3 is 4.90 Å². The normalized spacial score (nSPS) is 11.3. The Hall–Kier alpha value is -7.52. The fourth-order valence-electron chi connectivity index (χ4n) is 8.61. The van der Waals surface area contributed by atoms with E-state index >= 15 is 0 Å². The predicted octanol–water partition coefficient (Wildman–Crippen LogP) is 17.0. The first-order valence-corrected chi connectivity index (χ1v) is 21.3. The maximum absolute atomic E-state index is 2.45. The molecule has 0 amide bonds. The molecule has 60 heavy (non-hydrogen) atoms. The summed E-state index contributed by atoms with van der Waals surface area (Å²) < 4.78 is 2.57. The Labute approximate surface area is 354 Å². The van der Waals surface area contributed by atoms with Gasteiger partial charge in [0.1, 0.15) is 0 Å². The van der Waals surface area contributed by atoms with E-state index in [0.29, 0.717) is 0 Å². The van der Waals surface area contributed by atoms with Crippen molar-refractivity contribution in [3.63, 3.8) is 0 Å². The van der Waals surface area contributed by atoms with E-state index in [0.717, 1.165) is 17.1 Å². The highest BCUT2D eigenvalue weighted by molar-refractivity contribution is 7.26. The molecule has 0 bridgehead atoms. The van der Waals surface area contributed by atoms with Gasteiger partial charge in [0.05, 0.1) is 5.69 Å². The lowest BCUT2D eigenvalue weighted by Gasteiger charge is -2.28. The maximum Gasteiger partial charge on any atom is 0.0554 e. The first-order chi connectivity index (χ1) is 29.7. The Morgan fingerprint density at radius 3 is 1.43 bits per heavy atom. The molecule has 0 aliphatic heterocycles. The van der Waals surface area contributed by atoms with Gasteiger partial charge in [-0.1, -0.05) is 176 Å².